The minimum absolute atomic E-state index is 0.0405. The van der Waals surface area contributed by atoms with Crippen LogP contribution in [-0.2, 0) is 18.8 Å². The zero-order valence-corrected chi connectivity index (χ0v) is 21.9. The summed E-state index contributed by atoms with van der Waals surface area (Å²) in [6, 6.07) is 16.5. The van der Waals surface area contributed by atoms with Crippen LogP contribution in [0.4, 0.5) is 0 Å². The molecule has 3 aliphatic rings. The Kier molecular flexibility index (Phi) is 5.34. The number of hydrogen-bond acceptors (Lipinski definition) is 5. The van der Waals surface area contributed by atoms with Gasteiger partial charge in [0.15, 0.2) is 20.4 Å². The fraction of sp³-hybridized carbons (Fsp3) is 0.423. The second-order valence-corrected chi connectivity index (χ2v) is 17.8. The van der Waals surface area contributed by atoms with E-state index in [1.54, 1.807) is 6.08 Å². The smallest absolute Gasteiger partial charge is 0.195 e. The van der Waals surface area contributed by atoms with Crippen molar-refractivity contribution in [1.29, 1.82) is 0 Å². The number of benzene rings is 2. The maximum absolute atomic E-state index is 12.8. The average molecular weight is 483 g/mol. The van der Waals surface area contributed by atoms with Crippen LogP contribution in [-0.4, -0.2) is 25.6 Å². The average Bonchev–Trinajstić information content (AvgIpc) is 3.25. The van der Waals surface area contributed by atoms with Crippen molar-refractivity contribution in [3.8, 4) is 0 Å². The fourth-order valence-corrected chi connectivity index (χ4v) is 9.31. The number of thioether (sulfide) groups is 2. The van der Waals surface area contributed by atoms with Crippen LogP contribution in [0, 0.1) is 0 Å². The van der Waals surface area contributed by atoms with Crippen molar-refractivity contribution in [2.45, 2.75) is 54.9 Å². The second kappa shape index (κ2) is 7.60. The maximum atomic E-state index is 12.8. The van der Waals surface area contributed by atoms with Gasteiger partial charge in [-0.05, 0) is 35.8 Å². The van der Waals surface area contributed by atoms with Crippen LogP contribution >= 0.6 is 23.5 Å². The Bertz CT molecular complexity index is 1100. The summed E-state index contributed by atoms with van der Waals surface area (Å²) in [6.45, 7) is 11.3. The first kappa shape index (κ1) is 22.5. The number of carbonyl (C=O) groups is 1. The van der Waals surface area contributed by atoms with Crippen molar-refractivity contribution in [1.82, 2.24) is 0 Å². The summed E-state index contributed by atoms with van der Waals surface area (Å²) in [5.41, 5.74) is 3.29. The lowest BCUT2D eigenvalue weighted by Gasteiger charge is -2.54. The molecule has 168 valence electrons. The summed E-state index contributed by atoms with van der Waals surface area (Å²) in [6.07, 6.45) is 3.24. The van der Waals surface area contributed by atoms with Gasteiger partial charge in [0.1, 0.15) is 9.68 Å². The number of ketones is 1. The van der Waals surface area contributed by atoms with Crippen LogP contribution in [0.1, 0.15) is 54.1 Å². The molecule has 0 bridgehead atoms. The molecule has 5 rings (SSSR count). The normalized spacial score (nSPS) is 26.4. The summed E-state index contributed by atoms with van der Waals surface area (Å²) in [5.74, 6) is 2.13. The molecule has 1 fully saturated rings. The minimum Gasteiger partial charge on any atom is -0.389 e. The fourth-order valence-electron chi connectivity index (χ4n) is 4.61. The Hall–Kier alpha value is -1.31. The number of rotatable bonds is 2. The highest BCUT2D eigenvalue weighted by Gasteiger charge is 2.63. The van der Waals surface area contributed by atoms with E-state index in [4.69, 9.17) is 9.16 Å². The first-order valence-electron chi connectivity index (χ1n) is 11.2. The van der Waals surface area contributed by atoms with Gasteiger partial charge in [0.05, 0.1) is 0 Å². The predicted molar refractivity (Wildman–Crippen MR) is 137 cm³/mol. The quantitative estimate of drug-likeness (QED) is 0.430. The van der Waals surface area contributed by atoms with Gasteiger partial charge >= 0.3 is 0 Å². The van der Waals surface area contributed by atoms with Crippen LogP contribution in [0.3, 0.4) is 0 Å². The third-order valence-corrected chi connectivity index (χ3v) is 15.4. The topological polar surface area (TPSA) is 35.5 Å². The van der Waals surface area contributed by atoms with Crippen molar-refractivity contribution < 1.29 is 14.0 Å². The van der Waals surface area contributed by atoms with E-state index in [9.17, 15) is 4.79 Å². The highest BCUT2D eigenvalue weighted by atomic mass is 32.2. The molecule has 0 N–H and O–H groups in total. The van der Waals surface area contributed by atoms with Crippen LogP contribution < -0.4 is 0 Å². The van der Waals surface area contributed by atoms with E-state index in [0.717, 1.165) is 28.2 Å². The molecule has 6 heteroatoms. The van der Waals surface area contributed by atoms with E-state index < -0.39 is 20.2 Å². The summed E-state index contributed by atoms with van der Waals surface area (Å²) in [5, 5.41) is 0.0563. The van der Waals surface area contributed by atoms with Gasteiger partial charge in [-0.15, -0.1) is 23.5 Å². The Morgan fingerprint density at radius 2 is 1.62 bits per heavy atom. The van der Waals surface area contributed by atoms with Crippen molar-refractivity contribution >= 4 is 37.6 Å². The molecular formula is C26H30O3S2Si. The molecule has 1 unspecified atom stereocenters. The summed E-state index contributed by atoms with van der Waals surface area (Å²) in [4.78, 5) is 12.8. The Balaban J connectivity index is 1.75. The summed E-state index contributed by atoms with van der Waals surface area (Å²) < 4.78 is 13.7. The van der Waals surface area contributed by atoms with E-state index in [1.807, 2.05) is 47.8 Å². The van der Waals surface area contributed by atoms with Gasteiger partial charge in [-0.25, -0.2) is 0 Å². The lowest BCUT2D eigenvalue weighted by atomic mass is 9.76. The zero-order chi connectivity index (χ0) is 22.8. The number of allylic oxidation sites excluding steroid dienone is 1. The predicted octanol–water partition coefficient (Wildman–Crippen LogP) is 7.02. The molecule has 0 amide bonds. The van der Waals surface area contributed by atoms with Gasteiger partial charge in [0, 0.05) is 28.2 Å². The molecule has 1 saturated heterocycles. The zero-order valence-electron chi connectivity index (χ0n) is 19.3. The van der Waals surface area contributed by atoms with Crippen LogP contribution in [0.2, 0.25) is 18.1 Å². The van der Waals surface area contributed by atoms with Crippen LogP contribution in [0.15, 0.2) is 60.7 Å². The van der Waals surface area contributed by atoms with Gasteiger partial charge < -0.3 is 9.16 Å². The SMILES string of the molecule is CC(C)(C)[Si](C)(C)O[C@@H]1OC2(C=CC(=O)c3ccccc32)C2(SCCS2)c2ccccc21. The second-order valence-electron chi connectivity index (χ2n) is 10.2. The third-order valence-electron chi connectivity index (χ3n) is 7.32. The Morgan fingerprint density at radius 3 is 2.31 bits per heavy atom. The molecule has 0 saturated carbocycles. The van der Waals surface area contributed by atoms with Gasteiger partial charge in [-0.1, -0.05) is 69.3 Å². The highest BCUT2D eigenvalue weighted by Crippen LogP contribution is 2.69. The molecule has 1 aliphatic carbocycles. The number of carbonyl (C=O) groups excluding carboxylic acids is 1. The number of fused-ring (bicyclic) bond motifs is 5. The summed E-state index contributed by atoms with van der Waals surface area (Å²) in [7, 11) is -2.13. The van der Waals surface area contributed by atoms with Gasteiger partial charge in [-0.3, -0.25) is 4.79 Å². The van der Waals surface area contributed by atoms with Crippen molar-refractivity contribution in [3.63, 3.8) is 0 Å². The molecule has 2 aliphatic heterocycles. The Labute approximate surface area is 200 Å². The van der Waals surface area contributed by atoms with Crippen LogP contribution in [0.25, 0.3) is 0 Å². The van der Waals surface area contributed by atoms with Crippen molar-refractivity contribution in [2.75, 3.05) is 11.5 Å². The van der Waals surface area contributed by atoms with Crippen LogP contribution in [0.5, 0.6) is 0 Å². The van der Waals surface area contributed by atoms with Crippen molar-refractivity contribution in [2.24, 2.45) is 0 Å². The molecular weight excluding hydrogens is 453 g/mol. The van der Waals surface area contributed by atoms with Gasteiger partial charge in [0.2, 0.25) is 0 Å². The molecule has 2 aromatic rings. The lowest BCUT2D eigenvalue weighted by molar-refractivity contribution is -0.183. The third kappa shape index (κ3) is 3.14. The first-order chi connectivity index (χ1) is 15.1. The Morgan fingerprint density at radius 1 is 1.00 bits per heavy atom. The van der Waals surface area contributed by atoms with E-state index >= 15 is 0 Å². The monoisotopic (exact) mass is 482 g/mol. The summed E-state index contributed by atoms with van der Waals surface area (Å²) >= 11 is 3.87. The molecule has 2 aromatic carbocycles. The molecule has 0 radical (unpaired) electrons. The molecule has 2 spiro atoms. The molecule has 32 heavy (non-hydrogen) atoms. The van der Waals surface area contributed by atoms with E-state index in [1.165, 1.54) is 5.56 Å². The standard InChI is InChI=1S/C26H30O3S2Si/c1-24(2,3)32(4,5)29-23-19-11-7-9-13-21(19)26(30-16-17-31-26)25(28-23)15-14-22(27)18-10-6-8-12-20(18)25/h6-15,23H,16-17H2,1-5H3/t23-,25?/m0/s1. The number of hydrogen-bond donors (Lipinski definition) is 0. The van der Waals surface area contributed by atoms with E-state index in [-0.39, 0.29) is 14.9 Å². The van der Waals surface area contributed by atoms with Gasteiger partial charge in [0.25, 0.3) is 0 Å². The minimum atomic E-state index is -2.13. The molecule has 0 aromatic heterocycles. The highest BCUT2D eigenvalue weighted by molar-refractivity contribution is 8.20. The number of ether oxygens (including phenoxy) is 1. The molecule has 2 atom stereocenters. The molecule has 3 nitrogen and oxygen atoms in total. The van der Waals surface area contributed by atoms with E-state index in [2.05, 4.69) is 64.2 Å². The first-order valence-corrected chi connectivity index (χ1v) is 16.1. The lowest BCUT2D eigenvalue weighted by Crippen LogP contribution is -2.53. The van der Waals surface area contributed by atoms with E-state index in [0.29, 0.717) is 0 Å². The largest absolute Gasteiger partial charge is 0.389 e. The maximum Gasteiger partial charge on any atom is 0.195 e. The van der Waals surface area contributed by atoms with Crippen molar-refractivity contribution in [3.05, 3.63) is 82.9 Å². The van der Waals surface area contributed by atoms with Gasteiger partial charge in [-0.2, -0.15) is 0 Å². The molecule has 2 heterocycles.